The van der Waals surface area contributed by atoms with Crippen LogP contribution in [0.25, 0.3) is 0 Å². The third-order valence-electron chi connectivity index (χ3n) is 3.20. The van der Waals surface area contributed by atoms with Crippen LogP contribution < -0.4 is 0 Å². The first-order valence-electron chi connectivity index (χ1n) is 6.12. The zero-order valence-corrected chi connectivity index (χ0v) is 11.1. The summed E-state index contributed by atoms with van der Waals surface area (Å²) in [7, 11) is 1.11. The fourth-order valence-corrected chi connectivity index (χ4v) is 2.18. The molecule has 21 heavy (non-hydrogen) atoms. The van der Waals surface area contributed by atoms with Crippen molar-refractivity contribution < 1.29 is 23.5 Å². The Hall–Kier alpha value is -2.75. The van der Waals surface area contributed by atoms with E-state index in [9.17, 15) is 18.8 Å². The molecule has 0 saturated carbocycles. The number of rotatable bonds is 3. The molecule has 0 aliphatic carbocycles. The number of likely N-dealkylation sites (tertiary alicyclic amines) is 1. The summed E-state index contributed by atoms with van der Waals surface area (Å²) in [6.07, 6.45) is 0.0101. The van der Waals surface area contributed by atoms with Gasteiger partial charge in [0.05, 0.1) is 12.7 Å². The molecule has 1 saturated heterocycles. The summed E-state index contributed by atoms with van der Waals surface area (Å²) in [5, 5.41) is 8.70. The van der Waals surface area contributed by atoms with Crippen molar-refractivity contribution in [1.82, 2.24) is 4.90 Å². The number of nitriles is 1. The minimum atomic E-state index is -1.33. The number of hydrogen-bond donors (Lipinski definition) is 0. The molecule has 1 fully saturated rings. The van der Waals surface area contributed by atoms with Crippen molar-refractivity contribution in [3.05, 3.63) is 35.1 Å². The minimum absolute atomic E-state index is 0.00505. The lowest BCUT2D eigenvalue weighted by Crippen LogP contribution is -2.38. The number of carbonyl (C=O) groups excluding carboxylic acids is 3. The summed E-state index contributed by atoms with van der Waals surface area (Å²) in [4.78, 5) is 36.2. The normalized spacial score (nSPS) is 15.8. The maximum atomic E-state index is 13.7. The number of esters is 1. The molecule has 108 valence electrons. The number of ether oxygens (including phenoxy) is 1. The number of methoxy groups -OCH3 is 1. The Labute approximate surface area is 119 Å². The van der Waals surface area contributed by atoms with Crippen LogP contribution in [0.4, 0.5) is 4.39 Å². The fourth-order valence-electron chi connectivity index (χ4n) is 2.18. The van der Waals surface area contributed by atoms with Gasteiger partial charge in [-0.25, -0.2) is 9.18 Å². The molecule has 1 aliphatic rings. The monoisotopic (exact) mass is 290 g/mol. The Kier molecular flexibility index (Phi) is 3.98. The van der Waals surface area contributed by atoms with Gasteiger partial charge in [-0.2, -0.15) is 5.26 Å². The van der Waals surface area contributed by atoms with Crippen molar-refractivity contribution in [2.24, 2.45) is 0 Å². The van der Waals surface area contributed by atoms with Crippen LogP contribution in [0.3, 0.4) is 0 Å². The van der Waals surface area contributed by atoms with Gasteiger partial charge in [0.1, 0.15) is 11.9 Å². The predicted octanol–water partition coefficient (Wildman–Crippen LogP) is 1.06. The second kappa shape index (κ2) is 5.71. The van der Waals surface area contributed by atoms with E-state index in [1.165, 1.54) is 12.1 Å². The van der Waals surface area contributed by atoms with Crippen molar-refractivity contribution in [2.45, 2.75) is 18.9 Å². The average molecular weight is 290 g/mol. The van der Waals surface area contributed by atoms with E-state index in [-0.39, 0.29) is 24.0 Å². The second-order valence-electron chi connectivity index (χ2n) is 4.43. The zero-order valence-electron chi connectivity index (χ0n) is 11.1. The van der Waals surface area contributed by atoms with Crippen molar-refractivity contribution in [1.29, 1.82) is 5.26 Å². The maximum absolute atomic E-state index is 13.7. The van der Waals surface area contributed by atoms with Gasteiger partial charge in [-0.3, -0.25) is 14.5 Å². The quantitative estimate of drug-likeness (QED) is 0.613. The second-order valence-corrected chi connectivity index (χ2v) is 4.43. The summed E-state index contributed by atoms with van der Waals surface area (Å²) in [6.45, 7) is 0. The molecule has 2 amide bonds. The van der Waals surface area contributed by atoms with Crippen LogP contribution in [0, 0.1) is 17.1 Å². The molecule has 6 nitrogen and oxygen atoms in total. The van der Waals surface area contributed by atoms with Gasteiger partial charge in [-0.15, -0.1) is 0 Å². The van der Waals surface area contributed by atoms with Crippen molar-refractivity contribution in [3.63, 3.8) is 0 Å². The fraction of sp³-hybridized carbons (Fsp3) is 0.286. The Morgan fingerprint density at radius 1 is 1.38 bits per heavy atom. The molecule has 1 aliphatic heterocycles. The number of imide groups is 1. The van der Waals surface area contributed by atoms with E-state index < -0.39 is 29.6 Å². The molecule has 2 rings (SSSR count). The summed E-state index contributed by atoms with van der Waals surface area (Å²) >= 11 is 0. The van der Waals surface area contributed by atoms with Crippen LogP contribution in [0.2, 0.25) is 0 Å². The molecular weight excluding hydrogens is 279 g/mol. The van der Waals surface area contributed by atoms with Crippen LogP contribution in [0.1, 0.15) is 30.0 Å². The third kappa shape index (κ3) is 2.60. The Morgan fingerprint density at radius 2 is 2.00 bits per heavy atom. The van der Waals surface area contributed by atoms with Gasteiger partial charge in [0, 0.05) is 12.8 Å². The number of carbonyl (C=O) groups is 3. The standard InChI is InChI=1S/C14H11FN2O4/c1-21-14(20)13(17-11(18)4-5-12(17)19)8-2-3-9(7-16)10(15)6-8/h2-3,6,13H,4-5H2,1H3. The summed E-state index contributed by atoms with van der Waals surface area (Å²) in [5.74, 6) is -2.70. The van der Waals surface area contributed by atoms with E-state index in [1.807, 2.05) is 0 Å². The largest absolute Gasteiger partial charge is 0.467 e. The highest BCUT2D eigenvalue weighted by atomic mass is 19.1. The molecule has 1 heterocycles. The van der Waals surface area contributed by atoms with Crippen LogP contribution >= 0.6 is 0 Å². The van der Waals surface area contributed by atoms with Gasteiger partial charge in [0.25, 0.3) is 0 Å². The van der Waals surface area contributed by atoms with Gasteiger partial charge < -0.3 is 4.74 Å². The van der Waals surface area contributed by atoms with Gasteiger partial charge in [0.2, 0.25) is 11.8 Å². The lowest BCUT2D eigenvalue weighted by molar-refractivity contribution is -0.156. The highest BCUT2D eigenvalue weighted by Crippen LogP contribution is 2.29. The van der Waals surface area contributed by atoms with Crippen molar-refractivity contribution in [2.75, 3.05) is 7.11 Å². The summed E-state index contributed by atoms with van der Waals surface area (Å²) in [6, 6.07) is 3.78. The molecule has 0 bridgehead atoms. The smallest absolute Gasteiger partial charge is 0.333 e. The SMILES string of the molecule is COC(=O)C(c1ccc(C#N)c(F)c1)N1C(=O)CCC1=O. The van der Waals surface area contributed by atoms with E-state index in [1.54, 1.807) is 6.07 Å². The number of amides is 2. The van der Waals surface area contributed by atoms with E-state index in [0.29, 0.717) is 0 Å². The number of hydrogen-bond acceptors (Lipinski definition) is 5. The Bertz CT molecular complexity index is 649. The molecule has 1 atom stereocenters. The lowest BCUT2D eigenvalue weighted by Gasteiger charge is -2.24. The van der Waals surface area contributed by atoms with Crippen molar-refractivity contribution >= 4 is 17.8 Å². The first-order valence-corrected chi connectivity index (χ1v) is 6.12. The first-order chi connectivity index (χ1) is 9.99. The van der Waals surface area contributed by atoms with E-state index in [2.05, 4.69) is 4.74 Å². The molecule has 1 unspecified atom stereocenters. The molecule has 1 aromatic rings. The first kappa shape index (κ1) is 14.7. The number of nitrogens with zero attached hydrogens (tertiary/aromatic N) is 2. The molecule has 0 N–H and O–H groups in total. The van der Waals surface area contributed by atoms with Gasteiger partial charge in [0.15, 0.2) is 6.04 Å². The molecule has 0 spiro atoms. The number of benzene rings is 1. The molecule has 7 heteroatoms. The molecule has 0 aromatic heterocycles. The topological polar surface area (TPSA) is 87.5 Å². The van der Waals surface area contributed by atoms with Crippen LogP contribution in [0.15, 0.2) is 18.2 Å². The molecule has 1 aromatic carbocycles. The van der Waals surface area contributed by atoms with Gasteiger partial charge in [-0.05, 0) is 17.7 Å². The maximum Gasteiger partial charge on any atom is 0.333 e. The molecular formula is C14H11FN2O4. The molecule has 0 radical (unpaired) electrons. The minimum Gasteiger partial charge on any atom is -0.467 e. The van der Waals surface area contributed by atoms with Crippen LogP contribution in [-0.2, 0) is 19.1 Å². The van der Waals surface area contributed by atoms with E-state index in [0.717, 1.165) is 18.1 Å². The average Bonchev–Trinajstić information content (AvgIpc) is 2.79. The summed E-state index contributed by atoms with van der Waals surface area (Å²) in [5.41, 5.74) is -0.108. The van der Waals surface area contributed by atoms with Gasteiger partial charge in [-0.1, -0.05) is 6.07 Å². The highest BCUT2D eigenvalue weighted by molar-refractivity contribution is 6.05. The van der Waals surface area contributed by atoms with E-state index >= 15 is 0 Å². The third-order valence-corrected chi connectivity index (χ3v) is 3.20. The zero-order chi connectivity index (χ0) is 15.6. The van der Waals surface area contributed by atoms with Crippen LogP contribution in [0.5, 0.6) is 0 Å². The Morgan fingerprint density at radius 3 is 2.48 bits per heavy atom. The Balaban J connectivity index is 2.49. The van der Waals surface area contributed by atoms with Crippen LogP contribution in [-0.4, -0.2) is 29.8 Å². The summed E-state index contributed by atoms with van der Waals surface area (Å²) < 4.78 is 18.3. The lowest BCUT2D eigenvalue weighted by atomic mass is 10.0. The van der Waals surface area contributed by atoms with E-state index in [4.69, 9.17) is 5.26 Å². The number of halogens is 1. The van der Waals surface area contributed by atoms with Crippen molar-refractivity contribution in [3.8, 4) is 6.07 Å². The van der Waals surface area contributed by atoms with Gasteiger partial charge >= 0.3 is 5.97 Å². The highest BCUT2D eigenvalue weighted by Gasteiger charge is 2.40. The predicted molar refractivity (Wildman–Crippen MR) is 67.0 cm³/mol.